The summed E-state index contributed by atoms with van der Waals surface area (Å²) in [5, 5.41) is 0. The highest BCUT2D eigenvalue weighted by molar-refractivity contribution is 5.92. The topological polar surface area (TPSA) is 70.4 Å². The zero-order valence-corrected chi connectivity index (χ0v) is 16.4. The number of nitrogens with zero attached hydrogens (tertiary/aromatic N) is 2. The second-order valence-electron chi connectivity index (χ2n) is 6.61. The van der Waals surface area contributed by atoms with Gasteiger partial charge in [-0.3, -0.25) is 9.36 Å². The van der Waals surface area contributed by atoms with E-state index < -0.39 is 11.9 Å². The van der Waals surface area contributed by atoms with E-state index in [1.54, 1.807) is 20.8 Å². The molecule has 1 atom stereocenters. The molecular formula is C22H22N2O4. The van der Waals surface area contributed by atoms with Crippen molar-refractivity contribution < 1.29 is 14.3 Å². The normalized spacial score (nSPS) is 15.5. The molecule has 144 valence electrons. The van der Waals surface area contributed by atoms with Crippen molar-refractivity contribution in [3.63, 3.8) is 0 Å². The first-order chi connectivity index (χ1) is 13.4. The van der Waals surface area contributed by atoms with Gasteiger partial charge in [0.15, 0.2) is 0 Å². The van der Waals surface area contributed by atoms with Gasteiger partial charge in [0, 0.05) is 0 Å². The molecule has 2 aromatic rings. The molecule has 0 amide bonds. The first-order valence-corrected chi connectivity index (χ1v) is 9.06. The molecule has 3 rings (SSSR count). The molecule has 0 aliphatic carbocycles. The van der Waals surface area contributed by atoms with Crippen molar-refractivity contribution >= 4 is 5.97 Å². The van der Waals surface area contributed by atoms with Crippen LogP contribution in [-0.4, -0.2) is 22.1 Å². The molecule has 0 N–H and O–H groups in total. The number of carbonyl (C=O) groups is 1. The lowest BCUT2D eigenvalue weighted by Crippen LogP contribution is -2.34. The van der Waals surface area contributed by atoms with Gasteiger partial charge in [-0.2, -0.15) is 4.98 Å². The fourth-order valence-electron chi connectivity index (χ4n) is 3.36. The van der Waals surface area contributed by atoms with Gasteiger partial charge in [-0.15, -0.1) is 6.42 Å². The van der Waals surface area contributed by atoms with E-state index in [0.29, 0.717) is 22.7 Å². The van der Waals surface area contributed by atoms with Gasteiger partial charge in [-0.05, 0) is 33.3 Å². The quantitative estimate of drug-likeness (QED) is 0.604. The number of aryl methyl sites for hydroxylation is 2. The minimum absolute atomic E-state index is 0.0863. The Labute approximate surface area is 163 Å². The molecule has 28 heavy (non-hydrogen) atoms. The van der Waals surface area contributed by atoms with Gasteiger partial charge in [0.1, 0.15) is 11.6 Å². The molecule has 6 nitrogen and oxygen atoms in total. The predicted molar refractivity (Wildman–Crippen MR) is 105 cm³/mol. The molecule has 0 bridgehead atoms. The highest BCUT2D eigenvalue weighted by Crippen LogP contribution is 2.41. The molecule has 1 aliphatic heterocycles. The van der Waals surface area contributed by atoms with Crippen molar-refractivity contribution in [1.29, 1.82) is 0 Å². The molecule has 1 aromatic heterocycles. The Balaban J connectivity index is 2.31. The van der Waals surface area contributed by atoms with Crippen molar-refractivity contribution in [3.05, 3.63) is 68.5 Å². The van der Waals surface area contributed by atoms with E-state index in [4.69, 9.17) is 15.9 Å². The number of benzene rings is 1. The van der Waals surface area contributed by atoms with Crippen LogP contribution in [0.5, 0.6) is 5.88 Å². The molecule has 1 aromatic carbocycles. The van der Waals surface area contributed by atoms with Crippen LogP contribution in [0.4, 0.5) is 0 Å². The number of ether oxygens (including phenoxy) is 2. The number of rotatable bonds is 4. The van der Waals surface area contributed by atoms with Crippen molar-refractivity contribution in [2.24, 2.45) is 0 Å². The lowest BCUT2D eigenvalue weighted by atomic mass is 9.83. The van der Waals surface area contributed by atoms with Gasteiger partial charge in [0.05, 0.1) is 30.2 Å². The van der Waals surface area contributed by atoms with Crippen LogP contribution in [-0.2, 0) is 16.1 Å². The smallest absolute Gasteiger partial charge is 0.338 e. The molecule has 0 radical (unpaired) electrons. The molecule has 0 fully saturated rings. The molecule has 1 aliphatic rings. The third kappa shape index (κ3) is 3.31. The summed E-state index contributed by atoms with van der Waals surface area (Å²) in [5.74, 6) is 2.35. The van der Waals surface area contributed by atoms with Crippen LogP contribution in [0.3, 0.4) is 0 Å². The van der Waals surface area contributed by atoms with Gasteiger partial charge in [0.25, 0.3) is 5.56 Å². The van der Waals surface area contributed by atoms with E-state index in [2.05, 4.69) is 10.9 Å². The number of aromatic nitrogens is 2. The van der Waals surface area contributed by atoms with Crippen LogP contribution >= 0.6 is 0 Å². The molecule has 6 heteroatoms. The predicted octanol–water partition coefficient (Wildman–Crippen LogP) is 2.85. The average Bonchev–Trinajstić information content (AvgIpc) is 2.65. The number of terminal acetylenes is 1. The monoisotopic (exact) mass is 378 g/mol. The van der Waals surface area contributed by atoms with Crippen LogP contribution in [0, 0.1) is 26.2 Å². The number of hydrogen-bond acceptors (Lipinski definition) is 5. The van der Waals surface area contributed by atoms with Crippen LogP contribution in [0.1, 0.15) is 42.3 Å². The van der Waals surface area contributed by atoms with Crippen molar-refractivity contribution in [3.8, 4) is 18.2 Å². The molecule has 0 spiro atoms. The van der Waals surface area contributed by atoms with Crippen molar-refractivity contribution in [2.75, 3.05) is 6.61 Å². The Bertz CT molecular complexity index is 1060. The SMILES string of the molecule is C#CCn1c(C)nc2c(c1=O)C(c1ccc(C)cc1)C(C(=O)OCC)=C(C)O2. The van der Waals surface area contributed by atoms with E-state index >= 15 is 0 Å². The lowest BCUT2D eigenvalue weighted by molar-refractivity contribution is -0.139. The summed E-state index contributed by atoms with van der Waals surface area (Å²) < 4.78 is 12.4. The molecule has 2 heterocycles. The minimum Gasteiger partial charge on any atom is -0.463 e. The summed E-state index contributed by atoms with van der Waals surface area (Å²) in [4.78, 5) is 30.5. The summed E-state index contributed by atoms with van der Waals surface area (Å²) in [7, 11) is 0. The van der Waals surface area contributed by atoms with E-state index in [0.717, 1.165) is 11.1 Å². The zero-order chi connectivity index (χ0) is 20.4. The number of hydrogen-bond donors (Lipinski definition) is 0. The summed E-state index contributed by atoms with van der Waals surface area (Å²) in [6.45, 7) is 7.39. The van der Waals surface area contributed by atoms with E-state index in [-0.39, 0.29) is 24.6 Å². The average molecular weight is 378 g/mol. The molecule has 0 saturated carbocycles. The zero-order valence-electron chi connectivity index (χ0n) is 16.4. The lowest BCUT2D eigenvalue weighted by Gasteiger charge is -2.28. The van der Waals surface area contributed by atoms with Gasteiger partial charge in [0.2, 0.25) is 5.88 Å². The van der Waals surface area contributed by atoms with Gasteiger partial charge in [-0.25, -0.2) is 4.79 Å². The third-order valence-corrected chi connectivity index (χ3v) is 4.72. The number of carbonyl (C=O) groups excluding carboxylic acids is 1. The Morgan fingerprint density at radius 2 is 1.96 bits per heavy atom. The number of esters is 1. The molecular weight excluding hydrogens is 356 g/mol. The second kappa shape index (κ2) is 7.73. The minimum atomic E-state index is -0.645. The Hall–Kier alpha value is -3.33. The Morgan fingerprint density at radius 1 is 1.29 bits per heavy atom. The fourth-order valence-corrected chi connectivity index (χ4v) is 3.36. The van der Waals surface area contributed by atoms with Crippen LogP contribution in [0.15, 0.2) is 40.4 Å². The third-order valence-electron chi connectivity index (χ3n) is 4.72. The standard InChI is InChI=1S/C22H22N2O4/c1-6-12-24-15(5)23-20-19(21(24)25)18(16-10-8-13(3)9-11-16)17(14(4)28-20)22(26)27-7-2/h1,8-11,18H,7,12H2,2-5H3. The van der Waals surface area contributed by atoms with E-state index in [9.17, 15) is 9.59 Å². The van der Waals surface area contributed by atoms with Gasteiger partial charge in [-0.1, -0.05) is 35.7 Å². The maximum Gasteiger partial charge on any atom is 0.338 e. The summed E-state index contributed by atoms with van der Waals surface area (Å²) in [5.41, 5.74) is 2.13. The fraction of sp³-hybridized carbons (Fsp3) is 0.318. The second-order valence-corrected chi connectivity index (χ2v) is 6.61. The van der Waals surface area contributed by atoms with Crippen LogP contribution in [0.2, 0.25) is 0 Å². The van der Waals surface area contributed by atoms with Crippen LogP contribution < -0.4 is 10.3 Å². The first kappa shape index (κ1) is 19.4. The van der Waals surface area contributed by atoms with E-state index in [1.165, 1.54) is 4.57 Å². The molecule has 0 saturated heterocycles. The van der Waals surface area contributed by atoms with E-state index in [1.807, 2.05) is 31.2 Å². The van der Waals surface area contributed by atoms with Crippen molar-refractivity contribution in [1.82, 2.24) is 9.55 Å². The van der Waals surface area contributed by atoms with Gasteiger partial charge < -0.3 is 9.47 Å². The Kier molecular flexibility index (Phi) is 5.36. The maximum absolute atomic E-state index is 13.3. The summed E-state index contributed by atoms with van der Waals surface area (Å²) in [6.07, 6.45) is 5.42. The number of fused-ring (bicyclic) bond motifs is 1. The first-order valence-electron chi connectivity index (χ1n) is 9.06. The van der Waals surface area contributed by atoms with Gasteiger partial charge >= 0.3 is 5.97 Å². The molecule has 1 unspecified atom stereocenters. The summed E-state index contributed by atoms with van der Waals surface area (Å²) >= 11 is 0. The van der Waals surface area contributed by atoms with Crippen LogP contribution in [0.25, 0.3) is 0 Å². The number of allylic oxidation sites excluding steroid dienone is 1. The Morgan fingerprint density at radius 3 is 2.57 bits per heavy atom. The highest BCUT2D eigenvalue weighted by atomic mass is 16.5. The highest BCUT2D eigenvalue weighted by Gasteiger charge is 2.38. The van der Waals surface area contributed by atoms with Crippen molar-refractivity contribution in [2.45, 2.75) is 40.2 Å². The summed E-state index contributed by atoms with van der Waals surface area (Å²) in [6, 6.07) is 7.66. The largest absolute Gasteiger partial charge is 0.463 e. The maximum atomic E-state index is 13.3.